The number of benzene rings is 1. The Bertz CT molecular complexity index is 605. The second kappa shape index (κ2) is 8.14. The van der Waals surface area contributed by atoms with Crippen LogP contribution in [-0.2, 0) is 6.42 Å². The number of pyridine rings is 1. The van der Waals surface area contributed by atoms with Crippen LogP contribution >= 0.6 is 39.1 Å². The molecule has 112 valence electrons. The normalized spacial score (nSPS) is 12.4. The molecule has 0 bridgehead atoms. The number of hydrogen-bond donors (Lipinski definition) is 1. The quantitative estimate of drug-likeness (QED) is 0.714. The molecule has 0 aliphatic rings. The molecule has 2 rings (SSSR count). The van der Waals surface area contributed by atoms with E-state index in [4.69, 9.17) is 23.2 Å². The third-order valence-corrected chi connectivity index (χ3v) is 4.43. The lowest BCUT2D eigenvalue weighted by atomic mass is 9.99. The highest BCUT2D eigenvalue weighted by Crippen LogP contribution is 2.30. The van der Waals surface area contributed by atoms with Crippen LogP contribution < -0.4 is 5.32 Å². The fourth-order valence-electron chi connectivity index (χ4n) is 2.18. The molecule has 0 aliphatic carbocycles. The molecule has 0 spiro atoms. The molecule has 0 radical (unpaired) electrons. The third-order valence-electron chi connectivity index (χ3n) is 3.25. The Labute approximate surface area is 144 Å². The molecular weight excluding hydrogens is 371 g/mol. The first kappa shape index (κ1) is 16.8. The Hall–Kier alpha value is -0.610. The van der Waals surface area contributed by atoms with Crippen molar-refractivity contribution in [3.8, 4) is 0 Å². The van der Waals surface area contributed by atoms with Crippen LogP contribution in [0, 0.1) is 0 Å². The monoisotopic (exact) mass is 386 g/mol. The first-order chi connectivity index (χ1) is 10.1. The summed E-state index contributed by atoms with van der Waals surface area (Å²) in [6, 6.07) is 7.99. The molecule has 5 heteroatoms. The SMILES string of the molecule is CCCNC(Cc1ccncc1Cl)c1cc(Br)ccc1Cl. The largest absolute Gasteiger partial charge is 0.310 e. The minimum atomic E-state index is 0.120. The summed E-state index contributed by atoms with van der Waals surface area (Å²) in [4.78, 5) is 4.03. The maximum Gasteiger partial charge on any atom is 0.0622 e. The summed E-state index contributed by atoms with van der Waals surface area (Å²) in [5.74, 6) is 0. The fourth-order valence-corrected chi connectivity index (χ4v) is 3.01. The second-order valence-corrected chi connectivity index (χ2v) is 6.57. The average Bonchev–Trinajstić information content (AvgIpc) is 2.48. The van der Waals surface area contributed by atoms with Crippen LogP contribution in [0.15, 0.2) is 41.1 Å². The van der Waals surface area contributed by atoms with Crippen molar-refractivity contribution < 1.29 is 0 Å². The molecule has 0 aliphatic heterocycles. The van der Waals surface area contributed by atoms with Crippen LogP contribution in [0.4, 0.5) is 0 Å². The van der Waals surface area contributed by atoms with E-state index in [1.54, 1.807) is 12.4 Å². The van der Waals surface area contributed by atoms with Crippen molar-refractivity contribution in [2.75, 3.05) is 6.54 Å². The number of nitrogens with zero attached hydrogens (tertiary/aromatic N) is 1. The number of hydrogen-bond acceptors (Lipinski definition) is 2. The van der Waals surface area contributed by atoms with Gasteiger partial charge in [0.05, 0.1) is 5.02 Å². The van der Waals surface area contributed by atoms with Gasteiger partial charge in [-0.3, -0.25) is 4.98 Å². The van der Waals surface area contributed by atoms with E-state index in [9.17, 15) is 0 Å². The van der Waals surface area contributed by atoms with Crippen molar-refractivity contribution in [1.82, 2.24) is 10.3 Å². The predicted octanol–water partition coefficient (Wildman–Crippen LogP) is 5.43. The van der Waals surface area contributed by atoms with E-state index in [0.717, 1.165) is 40.0 Å². The minimum absolute atomic E-state index is 0.120. The molecule has 1 unspecified atom stereocenters. The molecule has 1 aromatic carbocycles. The molecule has 1 N–H and O–H groups in total. The molecule has 0 saturated heterocycles. The van der Waals surface area contributed by atoms with Gasteiger partial charge in [0, 0.05) is 27.9 Å². The Morgan fingerprint density at radius 3 is 2.76 bits per heavy atom. The molecule has 0 amide bonds. The van der Waals surface area contributed by atoms with Crippen LogP contribution in [-0.4, -0.2) is 11.5 Å². The van der Waals surface area contributed by atoms with E-state index >= 15 is 0 Å². The number of nitrogens with one attached hydrogen (secondary N) is 1. The van der Waals surface area contributed by atoms with Gasteiger partial charge in [-0.15, -0.1) is 0 Å². The van der Waals surface area contributed by atoms with Gasteiger partial charge in [-0.1, -0.05) is 46.1 Å². The van der Waals surface area contributed by atoms with Crippen LogP contribution in [0.5, 0.6) is 0 Å². The lowest BCUT2D eigenvalue weighted by molar-refractivity contribution is 0.529. The van der Waals surface area contributed by atoms with E-state index in [1.807, 2.05) is 18.2 Å². The minimum Gasteiger partial charge on any atom is -0.310 e. The molecule has 1 heterocycles. The Morgan fingerprint density at radius 1 is 1.24 bits per heavy atom. The zero-order valence-corrected chi connectivity index (χ0v) is 14.8. The van der Waals surface area contributed by atoms with Gasteiger partial charge < -0.3 is 5.32 Å². The maximum atomic E-state index is 6.37. The van der Waals surface area contributed by atoms with Crippen molar-refractivity contribution >= 4 is 39.1 Å². The summed E-state index contributed by atoms with van der Waals surface area (Å²) in [6.07, 6.45) is 5.28. The summed E-state index contributed by atoms with van der Waals surface area (Å²) in [6.45, 7) is 3.07. The van der Waals surface area contributed by atoms with Gasteiger partial charge in [-0.05, 0) is 54.8 Å². The molecule has 21 heavy (non-hydrogen) atoms. The van der Waals surface area contributed by atoms with Crippen LogP contribution in [0.25, 0.3) is 0 Å². The second-order valence-electron chi connectivity index (χ2n) is 4.84. The maximum absolute atomic E-state index is 6.37. The highest BCUT2D eigenvalue weighted by Gasteiger charge is 2.16. The van der Waals surface area contributed by atoms with Gasteiger partial charge in [0.2, 0.25) is 0 Å². The average molecular weight is 388 g/mol. The lowest BCUT2D eigenvalue weighted by Crippen LogP contribution is -2.24. The third kappa shape index (κ3) is 4.68. The summed E-state index contributed by atoms with van der Waals surface area (Å²) < 4.78 is 1.02. The zero-order chi connectivity index (χ0) is 15.2. The van der Waals surface area contributed by atoms with Gasteiger partial charge in [0.1, 0.15) is 0 Å². The molecular formula is C16H17BrCl2N2. The highest BCUT2D eigenvalue weighted by atomic mass is 79.9. The van der Waals surface area contributed by atoms with Crippen molar-refractivity contribution in [3.63, 3.8) is 0 Å². The lowest BCUT2D eigenvalue weighted by Gasteiger charge is -2.21. The van der Waals surface area contributed by atoms with Crippen molar-refractivity contribution in [3.05, 3.63) is 62.3 Å². The van der Waals surface area contributed by atoms with E-state index < -0.39 is 0 Å². The standard InChI is InChI=1S/C16H17BrCl2N2/c1-2-6-21-16(8-11-5-7-20-10-15(11)19)13-9-12(17)3-4-14(13)18/h3-5,7,9-10,16,21H,2,6,8H2,1H3. The fraction of sp³-hybridized carbons (Fsp3) is 0.312. The zero-order valence-electron chi connectivity index (χ0n) is 11.7. The van der Waals surface area contributed by atoms with Gasteiger partial charge >= 0.3 is 0 Å². The van der Waals surface area contributed by atoms with E-state index in [0.29, 0.717) is 5.02 Å². The molecule has 0 fully saturated rings. The molecule has 2 nitrogen and oxygen atoms in total. The van der Waals surface area contributed by atoms with Gasteiger partial charge in [0.25, 0.3) is 0 Å². The Balaban J connectivity index is 2.30. The highest BCUT2D eigenvalue weighted by molar-refractivity contribution is 9.10. The Morgan fingerprint density at radius 2 is 2.05 bits per heavy atom. The van der Waals surface area contributed by atoms with Gasteiger partial charge in [0.15, 0.2) is 0 Å². The Kier molecular flexibility index (Phi) is 6.49. The molecule has 2 aromatic rings. The summed E-state index contributed by atoms with van der Waals surface area (Å²) >= 11 is 16.1. The molecule has 0 saturated carbocycles. The first-order valence-corrected chi connectivity index (χ1v) is 8.43. The van der Waals surface area contributed by atoms with E-state index in [1.165, 1.54) is 0 Å². The van der Waals surface area contributed by atoms with Crippen molar-refractivity contribution in [2.24, 2.45) is 0 Å². The molecule has 1 atom stereocenters. The summed E-state index contributed by atoms with van der Waals surface area (Å²) in [5.41, 5.74) is 2.14. The van der Waals surface area contributed by atoms with Gasteiger partial charge in [-0.2, -0.15) is 0 Å². The first-order valence-electron chi connectivity index (χ1n) is 6.88. The van der Waals surface area contributed by atoms with Gasteiger partial charge in [-0.25, -0.2) is 0 Å². The van der Waals surface area contributed by atoms with Crippen molar-refractivity contribution in [2.45, 2.75) is 25.8 Å². The number of rotatable bonds is 6. The van der Waals surface area contributed by atoms with Crippen LogP contribution in [0.3, 0.4) is 0 Å². The van der Waals surface area contributed by atoms with Crippen LogP contribution in [0.1, 0.15) is 30.5 Å². The van der Waals surface area contributed by atoms with E-state index in [2.05, 4.69) is 39.2 Å². The predicted molar refractivity (Wildman–Crippen MR) is 93.1 cm³/mol. The topological polar surface area (TPSA) is 24.9 Å². The number of aromatic nitrogens is 1. The van der Waals surface area contributed by atoms with Crippen LogP contribution in [0.2, 0.25) is 10.0 Å². The smallest absolute Gasteiger partial charge is 0.0622 e. The van der Waals surface area contributed by atoms with Crippen molar-refractivity contribution in [1.29, 1.82) is 0 Å². The number of halogens is 3. The summed E-state index contributed by atoms with van der Waals surface area (Å²) in [7, 11) is 0. The van der Waals surface area contributed by atoms with E-state index in [-0.39, 0.29) is 6.04 Å². The summed E-state index contributed by atoms with van der Waals surface area (Å²) in [5, 5.41) is 4.99. The molecule has 1 aromatic heterocycles.